The van der Waals surface area contributed by atoms with Crippen LogP contribution in [0.1, 0.15) is 13.3 Å². The summed E-state index contributed by atoms with van der Waals surface area (Å²) in [6.45, 7) is 2.51. The first-order valence-electron chi connectivity index (χ1n) is 3.68. The number of hydrogen-bond donors (Lipinski definition) is 1. The molecule has 0 rings (SSSR count). The van der Waals surface area contributed by atoms with Crippen LogP contribution < -0.4 is 0 Å². The molecule has 0 heterocycles. The molecule has 0 fully saturated rings. The van der Waals surface area contributed by atoms with E-state index in [1.54, 1.807) is 0 Å². The lowest BCUT2D eigenvalue weighted by Crippen LogP contribution is -1.90. The van der Waals surface area contributed by atoms with Crippen molar-refractivity contribution in [3.63, 3.8) is 0 Å². The van der Waals surface area contributed by atoms with Gasteiger partial charge in [0.15, 0.2) is 0 Å². The van der Waals surface area contributed by atoms with E-state index in [0.717, 1.165) is 5.75 Å². The van der Waals surface area contributed by atoms with Crippen LogP contribution in [0.15, 0.2) is 0 Å². The van der Waals surface area contributed by atoms with E-state index in [2.05, 4.69) is 6.92 Å². The number of hydrogen-bond acceptors (Lipinski definition) is 3. The average Bonchev–Trinajstić information content (AvgIpc) is 1.97. The zero-order valence-corrected chi connectivity index (χ0v) is 8.14. The number of rotatable bonds is 7. The highest BCUT2D eigenvalue weighted by atomic mass is 32.2. The van der Waals surface area contributed by atoms with Crippen LogP contribution in [0.25, 0.3) is 0 Å². The normalized spacial score (nSPS) is 10.2. The second-order valence-electron chi connectivity index (χ2n) is 1.89. The smallest absolute Gasteiger partial charge is 0.0521 e. The summed E-state index contributed by atoms with van der Waals surface area (Å²) < 4.78 is 0. The maximum absolute atomic E-state index is 8.44. The Labute approximate surface area is 72.0 Å². The monoisotopic (exact) mass is 180 g/mol. The minimum Gasteiger partial charge on any atom is -0.396 e. The highest BCUT2D eigenvalue weighted by Crippen LogP contribution is 2.06. The fourth-order valence-corrected chi connectivity index (χ4v) is 2.08. The van der Waals surface area contributed by atoms with Gasteiger partial charge in [-0.2, -0.15) is 23.5 Å². The van der Waals surface area contributed by atoms with Crippen LogP contribution in [0.4, 0.5) is 0 Å². The molecule has 0 atom stereocenters. The molecule has 1 nitrogen and oxygen atoms in total. The van der Waals surface area contributed by atoms with Gasteiger partial charge in [0.2, 0.25) is 0 Å². The first-order chi connectivity index (χ1) is 4.91. The van der Waals surface area contributed by atoms with E-state index in [1.165, 1.54) is 23.7 Å². The van der Waals surface area contributed by atoms with Crippen molar-refractivity contribution in [3.8, 4) is 0 Å². The van der Waals surface area contributed by atoms with E-state index in [0.29, 0.717) is 6.61 Å². The van der Waals surface area contributed by atoms with Gasteiger partial charge < -0.3 is 5.11 Å². The van der Waals surface area contributed by atoms with E-state index in [4.69, 9.17) is 5.11 Å². The third-order valence-corrected chi connectivity index (χ3v) is 3.05. The van der Waals surface area contributed by atoms with Crippen molar-refractivity contribution in [2.45, 2.75) is 13.3 Å². The predicted octanol–water partition coefficient (Wildman–Crippen LogP) is 1.86. The molecular formula is C7H16OS2. The van der Waals surface area contributed by atoms with Gasteiger partial charge >= 0.3 is 0 Å². The molecule has 0 aromatic carbocycles. The van der Waals surface area contributed by atoms with E-state index in [-0.39, 0.29) is 0 Å². The molecule has 10 heavy (non-hydrogen) atoms. The third kappa shape index (κ3) is 8.66. The van der Waals surface area contributed by atoms with Crippen molar-refractivity contribution in [2.24, 2.45) is 0 Å². The lowest BCUT2D eigenvalue weighted by Gasteiger charge is -1.97. The molecule has 0 saturated heterocycles. The number of thioether (sulfide) groups is 2. The van der Waals surface area contributed by atoms with Gasteiger partial charge in [-0.05, 0) is 23.7 Å². The summed E-state index contributed by atoms with van der Waals surface area (Å²) in [6.07, 6.45) is 1.28. The van der Waals surface area contributed by atoms with Gasteiger partial charge in [-0.25, -0.2) is 0 Å². The summed E-state index contributed by atoms with van der Waals surface area (Å²) in [5, 5.41) is 8.44. The zero-order valence-electron chi connectivity index (χ0n) is 6.51. The van der Waals surface area contributed by atoms with E-state index < -0.39 is 0 Å². The third-order valence-electron chi connectivity index (χ3n) is 1.02. The quantitative estimate of drug-likeness (QED) is 0.604. The highest BCUT2D eigenvalue weighted by molar-refractivity contribution is 8.00. The second-order valence-corrected chi connectivity index (χ2v) is 4.51. The molecule has 0 amide bonds. The SMILES string of the molecule is CCSCCCSCCO. The Morgan fingerprint density at radius 3 is 2.40 bits per heavy atom. The van der Waals surface area contributed by atoms with Gasteiger partial charge in [0.05, 0.1) is 6.61 Å². The molecule has 0 aliphatic heterocycles. The van der Waals surface area contributed by atoms with Crippen molar-refractivity contribution in [1.29, 1.82) is 0 Å². The molecule has 3 heteroatoms. The van der Waals surface area contributed by atoms with Gasteiger partial charge in [-0.15, -0.1) is 0 Å². The summed E-state index contributed by atoms with van der Waals surface area (Å²) in [7, 11) is 0. The van der Waals surface area contributed by atoms with Crippen LogP contribution in [0.5, 0.6) is 0 Å². The lowest BCUT2D eigenvalue weighted by molar-refractivity contribution is 0.322. The first kappa shape index (κ1) is 10.7. The minimum atomic E-state index is 0.325. The van der Waals surface area contributed by atoms with Gasteiger partial charge in [0.1, 0.15) is 0 Å². The molecule has 62 valence electrons. The molecule has 0 spiro atoms. The maximum Gasteiger partial charge on any atom is 0.0521 e. The molecule has 0 saturated carbocycles. The first-order valence-corrected chi connectivity index (χ1v) is 5.99. The minimum absolute atomic E-state index is 0.325. The molecule has 0 aromatic rings. The molecule has 1 N–H and O–H groups in total. The summed E-state index contributed by atoms with van der Waals surface area (Å²) in [6, 6.07) is 0. The van der Waals surface area contributed by atoms with Gasteiger partial charge in [-0.1, -0.05) is 6.92 Å². The zero-order chi connectivity index (χ0) is 7.66. The number of aliphatic hydroxyl groups excluding tert-OH is 1. The van der Waals surface area contributed by atoms with E-state index in [1.807, 2.05) is 23.5 Å². The fourth-order valence-electron chi connectivity index (χ4n) is 0.574. The summed E-state index contributed by atoms with van der Waals surface area (Å²) in [5.41, 5.74) is 0. The summed E-state index contributed by atoms with van der Waals surface area (Å²) in [5.74, 6) is 4.60. The second kappa shape index (κ2) is 9.66. The van der Waals surface area contributed by atoms with Gasteiger partial charge in [-0.3, -0.25) is 0 Å². The molecule has 0 aliphatic carbocycles. The fraction of sp³-hybridized carbons (Fsp3) is 1.00. The Morgan fingerprint density at radius 2 is 1.80 bits per heavy atom. The van der Waals surface area contributed by atoms with Crippen molar-refractivity contribution in [3.05, 3.63) is 0 Å². The van der Waals surface area contributed by atoms with Gasteiger partial charge in [0, 0.05) is 5.75 Å². The van der Waals surface area contributed by atoms with Gasteiger partial charge in [0.25, 0.3) is 0 Å². The summed E-state index contributed by atoms with van der Waals surface area (Å²) in [4.78, 5) is 0. The van der Waals surface area contributed by atoms with Crippen molar-refractivity contribution in [2.75, 3.05) is 29.6 Å². The molecule has 0 aliphatic rings. The van der Waals surface area contributed by atoms with Crippen LogP contribution in [0.2, 0.25) is 0 Å². The molecular weight excluding hydrogens is 164 g/mol. The average molecular weight is 180 g/mol. The Kier molecular flexibility index (Phi) is 10.3. The summed E-state index contributed by atoms with van der Waals surface area (Å²) >= 11 is 3.83. The lowest BCUT2D eigenvalue weighted by atomic mass is 10.6. The molecule has 0 radical (unpaired) electrons. The maximum atomic E-state index is 8.44. The van der Waals surface area contributed by atoms with Crippen LogP contribution in [-0.4, -0.2) is 34.7 Å². The molecule has 0 aromatic heterocycles. The van der Waals surface area contributed by atoms with Crippen LogP contribution in [0.3, 0.4) is 0 Å². The van der Waals surface area contributed by atoms with E-state index in [9.17, 15) is 0 Å². The number of aliphatic hydroxyl groups is 1. The topological polar surface area (TPSA) is 20.2 Å². The predicted molar refractivity (Wildman–Crippen MR) is 52.0 cm³/mol. The van der Waals surface area contributed by atoms with Crippen molar-refractivity contribution >= 4 is 23.5 Å². The van der Waals surface area contributed by atoms with Crippen molar-refractivity contribution < 1.29 is 5.11 Å². The Bertz CT molecular complexity index is 51.6. The van der Waals surface area contributed by atoms with Crippen molar-refractivity contribution in [1.82, 2.24) is 0 Å². The molecule has 0 unspecified atom stereocenters. The largest absolute Gasteiger partial charge is 0.396 e. The Hall–Kier alpha value is 0.660. The highest BCUT2D eigenvalue weighted by Gasteiger charge is 1.88. The van der Waals surface area contributed by atoms with Crippen LogP contribution in [-0.2, 0) is 0 Å². The van der Waals surface area contributed by atoms with Crippen LogP contribution >= 0.6 is 23.5 Å². The molecule has 0 bridgehead atoms. The Morgan fingerprint density at radius 1 is 1.10 bits per heavy atom. The van der Waals surface area contributed by atoms with E-state index >= 15 is 0 Å². The standard InChI is InChI=1S/C7H16OS2/c1-2-9-5-3-6-10-7-4-8/h8H,2-7H2,1H3. The van der Waals surface area contributed by atoms with Crippen LogP contribution in [0, 0.1) is 0 Å². The Balaban J connectivity index is 2.65.